The molecular formula is C32H62O4. The lowest BCUT2D eigenvalue weighted by Gasteiger charge is -2.06. The number of rotatable bonds is 27. The highest BCUT2D eigenvalue weighted by molar-refractivity contribution is 5.69. The molecule has 36 heavy (non-hydrogen) atoms. The van der Waals surface area contributed by atoms with Gasteiger partial charge in [-0.25, -0.2) is 0 Å². The fourth-order valence-corrected chi connectivity index (χ4v) is 4.49. The van der Waals surface area contributed by atoms with Crippen LogP contribution in [-0.4, -0.2) is 25.2 Å². The van der Waals surface area contributed by atoms with Crippen molar-refractivity contribution < 1.29 is 19.1 Å². The maximum atomic E-state index is 11.8. The largest absolute Gasteiger partial charge is 0.466 e. The lowest BCUT2D eigenvalue weighted by molar-refractivity contribution is -0.144. The van der Waals surface area contributed by atoms with Gasteiger partial charge in [0.1, 0.15) is 0 Å². The number of esters is 2. The van der Waals surface area contributed by atoms with E-state index >= 15 is 0 Å². The van der Waals surface area contributed by atoms with E-state index in [1.807, 2.05) is 0 Å². The molecule has 0 amide bonds. The molecule has 0 bridgehead atoms. The number of hydrogen-bond donors (Lipinski definition) is 0. The number of carbonyl (C=O) groups excluding carboxylic acids is 2. The van der Waals surface area contributed by atoms with Crippen molar-refractivity contribution in [1.29, 1.82) is 0 Å². The van der Waals surface area contributed by atoms with E-state index in [1.165, 1.54) is 89.9 Å². The van der Waals surface area contributed by atoms with Crippen molar-refractivity contribution in [3.63, 3.8) is 0 Å². The fraction of sp³-hybridized carbons (Fsp3) is 0.938. The molecule has 0 N–H and O–H groups in total. The molecule has 0 aliphatic carbocycles. The van der Waals surface area contributed by atoms with E-state index in [2.05, 4.69) is 27.7 Å². The highest BCUT2D eigenvalue weighted by Crippen LogP contribution is 2.13. The summed E-state index contributed by atoms with van der Waals surface area (Å²) in [6, 6.07) is 0. The van der Waals surface area contributed by atoms with Gasteiger partial charge in [0, 0.05) is 12.8 Å². The van der Waals surface area contributed by atoms with Crippen molar-refractivity contribution >= 4 is 11.9 Å². The predicted octanol–water partition coefficient (Wildman–Crippen LogP) is 9.97. The Bertz CT molecular complexity index is 443. The minimum Gasteiger partial charge on any atom is -0.466 e. The van der Waals surface area contributed by atoms with Crippen molar-refractivity contribution in [2.24, 2.45) is 11.8 Å². The Hall–Kier alpha value is -1.06. The van der Waals surface area contributed by atoms with Crippen LogP contribution in [0.25, 0.3) is 0 Å². The van der Waals surface area contributed by atoms with E-state index in [0.29, 0.717) is 26.1 Å². The van der Waals surface area contributed by atoms with Crippen molar-refractivity contribution in [2.75, 3.05) is 13.2 Å². The van der Waals surface area contributed by atoms with E-state index in [-0.39, 0.29) is 11.9 Å². The van der Waals surface area contributed by atoms with Crippen molar-refractivity contribution in [3.05, 3.63) is 0 Å². The van der Waals surface area contributed by atoms with E-state index < -0.39 is 0 Å². The lowest BCUT2D eigenvalue weighted by atomic mass is 10.0. The van der Waals surface area contributed by atoms with Gasteiger partial charge in [0.15, 0.2) is 0 Å². The molecule has 214 valence electrons. The molecule has 0 aromatic heterocycles. The minimum absolute atomic E-state index is 0.0247. The van der Waals surface area contributed by atoms with E-state index in [0.717, 1.165) is 50.4 Å². The molecule has 0 radical (unpaired) electrons. The van der Waals surface area contributed by atoms with Gasteiger partial charge in [-0.15, -0.1) is 0 Å². The Balaban J connectivity index is 3.26. The van der Waals surface area contributed by atoms with Gasteiger partial charge in [0.25, 0.3) is 0 Å². The van der Waals surface area contributed by atoms with Gasteiger partial charge in [-0.1, -0.05) is 130 Å². The van der Waals surface area contributed by atoms with Crippen LogP contribution in [0.1, 0.15) is 169 Å². The third kappa shape index (κ3) is 29.2. The monoisotopic (exact) mass is 510 g/mol. The highest BCUT2D eigenvalue weighted by Gasteiger charge is 2.04. The van der Waals surface area contributed by atoms with Crippen LogP contribution in [0.2, 0.25) is 0 Å². The van der Waals surface area contributed by atoms with Crippen LogP contribution in [0.4, 0.5) is 0 Å². The van der Waals surface area contributed by atoms with Gasteiger partial charge in [-0.2, -0.15) is 0 Å². The topological polar surface area (TPSA) is 52.6 Å². The number of carbonyl (C=O) groups is 2. The van der Waals surface area contributed by atoms with Gasteiger partial charge in [-0.3, -0.25) is 9.59 Å². The Kier molecular flexibility index (Phi) is 26.2. The van der Waals surface area contributed by atoms with Crippen LogP contribution in [0, 0.1) is 11.8 Å². The zero-order valence-electron chi connectivity index (χ0n) is 24.8. The van der Waals surface area contributed by atoms with E-state index in [4.69, 9.17) is 9.47 Å². The lowest BCUT2D eigenvalue weighted by Crippen LogP contribution is -2.05. The normalized spacial score (nSPS) is 11.4. The Labute approximate surface area is 225 Å². The van der Waals surface area contributed by atoms with Crippen molar-refractivity contribution in [2.45, 2.75) is 169 Å². The molecule has 0 atom stereocenters. The van der Waals surface area contributed by atoms with Crippen LogP contribution in [-0.2, 0) is 19.1 Å². The molecule has 0 heterocycles. The molecule has 0 rings (SSSR count). The summed E-state index contributed by atoms with van der Waals surface area (Å²) in [5.41, 5.74) is 0. The Morgan fingerprint density at radius 3 is 1.03 bits per heavy atom. The van der Waals surface area contributed by atoms with Crippen LogP contribution in [0.5, 0.6) is 0 Å². The molecule has 0 spiro atoms. The van der Waals surface area contributed by atoms with Crippen LogP contribution >= 0.6 is 0 Å². The zero-order valence-corrected chi connectivity index (χ0v) is 24.8. The van der Waals surface area contributed by atoms with Gasteiger partial charge >= 0.3 is 11.9 Å². The van der Waals surface area contributed by atoms with Crippen molar-refractivity contribution in [3.8, 4) is 0 Å². The number of unbranched alkanes of at least 4 members (excludes halogenated alkanes) is 15. The van der Waals surface area contributed by atoms with Gasteiger partial charge in [0.2, 0.25) is 0 Å². The second-order valence-corrected chi connectivity index (χ2v) is 11.7. The Morgan fingerprint density at radius 1 is 0.417 bits per heavy atom. The number of hydrogen-bond acceptors (Lipinski definition) is 4. The summed E-state index contributed by atoms with van der Waals surface area (Å²) in [5, 5.41) is 0. The molecule has 0 fully saturated rings. The third-order valence-electron chi connectivity index (χ3n) is 6.89. The first-order valence-electron chi connectivity index (χ1n) is 15.7. The maximum absolute atomic E-state index is 11.8. The molecule has 4 heteroatoms. The first-order valence-corrected chi connectivity index (χ1v) is 15.7. The second-order valence-electron chi connectivity index (χ2n) is 11.7. The summed E-state index contributed by atoms with van der Waals surface area (Å²) in [7, 11) is 0. The molecule has 0 aliphatic heterocycles. The van der Waals surface area contributed by atoms with Crippen LogP contribution < -0.4 is 0 Å². The van der Waals surface area contributed by atoms with E-state index in [9.17, 15) is 9.59 Å². The molecule has 0 aromatic carbocycles. The second kappa shape index (κ2) is 27.0. The van der Waals surface area contributed by atoms with Gasteiger partial charge in [0.05, 0.1) is 13.2 Å². The summed E-state index contributed by atoms with van der Waals surface area (Å²) >= 11 is 0. The molecule has 0 aromatic rings. The first-order chi connectivity index (χ1) is 17.4. The quantitative estimate of drug-likeness (QED) is 0.0814. The summed E-state index contributed by atoms with van der Waals surface area (Å²) in [4.78, 5) is 23.6. The van der Waals surface area contributed by atoms with Crippen LogP contribution in [0.3, 0.4) is 0 Å². The average molecular weight is 511 g/mol. The zero-order chi connectivity index (χ0) is 26.7. The minimum atomic E-state index is -0.0247. The molecule has 0 saturated heterocycles. The standard InChI is InChI=1S/C32H62O4/c1-29(2)23-17-11-9-15-21-27-35-31(33)25-19-13-7-5-6-8-14-20-26-32(34)36-28-22-16-10-12-18-24-30(3)4/h29-30H,5-28H2,1-4H3. The highest BCUT2D eigenvalue weighted by atomic mass is 16.5. The summed E-state index contributed by atoms with van der Waals surface area (Å²) in [6.45, 7) is 10.3. The molecule has 4 nitrogen and oxygen atoms in total. The summed E-state index contributed by atoms with van der Waals surface area (Å²) in [6.07, 6.45) is 24.8. The molecular weight excluding hydrogens is 448 g/mol. The fourth-order valence-electron chi connectivity index (χ4n) is 4.49. The van der Waals surface area contributed by atoms with Crippen molar-refractivity contribution in [1.82, 2.24) is 0 Å². The summed E-state index contributed by atoms with van der Waals surface area (Å²) < 4.78 is 10.7. The SMILES string of the molecule is CC(C)CCCCCCCOC(=O)CCCCCCCCCCC(=O)OCCCCCCCC(C)C. The number of ether oxygens (including phenoxy) is 2. The maximum Gasteiger partial charge on any atom is 0.305 e. The van der Waals surface area contributed by atoms with Crippen LogP contribution in [0.15, 0.2) is 0 Å². The van der Waals surface area contributed by atoms with Gasteiger partial charge < -0.3 is 9.47 Å². The summed E-state index contributed by atoms with van der Waals surface area (Å²) in [5.74, 6) is 1.57. The molecule has 0 unspecified atom stereocenters. The molecule has 0 saturated carbocycles. The molecule has 0 aliphatic rings. The van der Waals surface area contributed by atoms with Gasteiger partial charge in [-0.05, 0) is 37.5 Å². The van der Waals surface area contributed by atoms with E-state index in [1.54, 1.807) is 0 Å². The first kappa shape index (κ1) is 34.9. The third-order valence-corrected chi connectivity index (χ3v) is 6.89. The average Bonchev–Trinajstić information content (AvgIpc) is 2.83. The predicted molar refractivity (Wildman–Crippen MR) is 153 cm³/mol. The Morgan fingerprint density at radius 2 is 0.694 bits per heavy atom. The smallest absolute Gasteiger partial charge is 0.305 e.